The van der Waals surface area contributed by atoms with E-state index < -0.39 is 12.0 Å². The molecule has 0 radical (unpaired) electrons. The van der Waals surface area contributed by atoms with Crippen molar-refractivity contribution in [3.8, 4) is 0 Å². The Bertz CT molecular complexity index is 543. The number of carbonyl (C=O) groups is 3. The first-order valence-corrected chi connectivity index (χ1v) is 10.4. The van der Waals surface area contributed by atoms with Gasteiger partial charge in [0.2, 0.25) is 11.8 Å². The number of nitrogens with one attached hydrogen (secondary N) is 1. The molecule has 1 aliphatic heterocycles. The fourth-order valence-corrected chi connectivity index (χ4v) is 4.62. The van der Waals surface area contributed by atoms with Crippen molar-refractivity contribution in [1.82, 2.24) is 15.1 Å². The van der Waals surface area contributed by atoms with Crippen LogP contribution in [0.5, 0.6) is 0 Å². The summed E-state index contributed by atoms with van der Waals surface area (Å²) in [5.74, 6) is 0.338. The van der Waals surface area contributed by atoms with E-state index in [0.29, 0.717) is 24.6 Å². The molecule has 26 heavy (non-hydrogen) atoms. The van der Waals surface area contributed by atoms with E-state index in [1.807, 2.05) is 32.6 Å². The van der Waals surface area contributed by atoms with Crippen LogP contribution >= 0.6 is 11.8 Å². The van der Waals surface area contributed by atoms with E-state index in [1.54, 1.807) is 16.7 Å². The number of carboxylic acid groups (broad SMARTS) is 1. The Labute approximate surface area is 159 Å². The number of nitrogens with zero attached hydrogens (tertiary/aromatic N) is 2. The summed E-state index contributed by atoms with van der Waals surface area (Å²) in [5.41, 5.74) is -0.0969. The zero-order valence-corrected chi connectivity index (χ0v) is 17.0. The van der Waals surface area contributed by atoms with Crippen LogP contribution in [-0.2, 0) is 14.4 Å². The normalized spacial score (nSPS) is 25.9. The number of hydrogen-bond donors (Lipinski definition) is 2. The van der Waals surface area contributed by atoms with E-state index >= 15 is 0 Å². The second-order valence-corrected chi connectivity index (χ2v) is 9.40. The van der Waals surface area contributed by atoms with Gasteiger partial charge in [-0.1, -0.05) is 27.7 Å². The third-order valence-corrected chi connectivity index (χ3v) is 5.92. The Morgan fingerprint density at radius 2 is 1.92 bits per heavy atom. The molecule has 8 heteroatoms. The third-order valence-electron chi connectivity index (χ3n) is 4.91. The first-order chi connectivity index (χ1) is 12.1. The van der Waals surface area contributed by atoms with Crippen molar-refractivity contribution in [2.75, 3.05) is 24.7 Å². The number of likely N-dealkylation sites (N-methyl/N-ethyl adjacent to an activating group) is 1. The van der Waals surface area contributed by atoms with Crippen LogP contribution in [0.2, 0.25) is 0 Å². The second kappa shape index (κ2) is 8.61. The van der Waals surface area contributed by atoms with Gasteiger partial charge in [-0.3, -0.25) is 19.3 Å². The zero-order chi connectivity index (χ0) is 19.5. The van der Waals surface area contributed by atoms with E-state index in [9.17, 15) is 14.4 Å². The van der Waals surface area contributed by atoms with Crippen LogP contribution in [0, 0.1) is 5.41 Å². The summed E-state index contributed by atoms with van der Waals surface area (Å²) >= 11 is 1.61. The molecule has 0 aromatic rings. The molecule has 2 aliphatic rings. The van der Waals surface area contributed by atoms with Gasteiger partial charge in [-0.15, -0.1) is 11.8 Å². The largest absolute Gasteiger partial charge is 0.480 e. The molecule has 7 nitrogen and oxygen atoms in total. The molecule has 2 rings (SSSR count). The van der Waals surface area contributed by atoms with Crippen molar-refractivity contribution >= 4 is 29.5 Å². The maximum Gasteiger partial charge on any atom is 0.317 e. The van der Waals surface area contributed by atoms with Crippen LogP contribution in [-0.4, -0.2) is 75.5 Å². The van der Waals surface area contributed by atoms with Crippen molar-refractivity contribution in [1.29, 1.82) is 0 Å². The minimum atomic E-state index is -0.824. The maximum atomic E-state index is 12.6. The third kappa shape index (κ3) is 5.61. The molecule has 0 aromatic heterocycles. The van der Waals surface area contributed by atoms with Gasteiger partial charge in [0.1, 0.15) is 6.04 Å². The number of carboxylic acids is 1. The van der Waals surface area contributed by atoms with E-state index in [-0.39, 0.29) is 35.9 Å². The highest BCUT2D eigenvalue weighted by molar-refractivity contribution is 7.99. The summed E-state index contributed by atoms with van der Waals surface area (Å²) in [4.78, 5) is 39.6. The lowest BCUT2D eigenvalue weighted by Crippen LogP contribution is -2.58. The van der Waals surface area contributed by atoms with E-state index in [0.717, 1.165) is 12.8 Å². The van der Waals surface area contributed by atoms with E-state index in [1.165, 1.54) is 0 Å². The number of carbonyl (C=O) groups excluding carboxylic acids is 2. The molecule has 1 saturated carbocycles. The Hall–Kier alpha value is -1.28. The van der Waals surface area contributed by atoms with Gasteiger partial charge in [-0.2, -0.15) is 0 Å². The first kappa shape index (κ1) is 21.0. The van der Waals surface area contributed by atoms with Crippen molar-refractivity contribution in [3.05, 3.63) is 0 Å². The highest BCUT2D eigenvalue weighted by atomic mass is 32.2. The van der Waals surface area contributed by atoms with Crippen LogP contribution in [0.25, 0.3) is 0 Å². The average molecular weight is 386 g/mol. The fourth-order valence-electron chi connectivity index (χ4n) is 3.43. The molecule has 0 bridgehead atoms. The summed E-state index contributed by atoms with van der Waals surface area (Å²) in [6.45, 7) is 8.74. The quantitative estimate of drug-likeness (QED) is 0.688. The second-order valence-electron chi connectivity index (χ2n) is 8.40. The number of thioether (sulfide) groups is 1. The van der Waals surface area contributed by atoms with Gasteiger partial charge in [0.25, 0.3) is 0 Å². The first-order valence-electron chi connectivity index (χ1n) is 9.24. The van der Waals surface area contributed by atoms with Crippen molar-refractivity contribution in [3.63, 3.8) is 0 Å². The molecule has 2 amide bonds. The predicted octanol–water partition coefficient (Wildman–Crippen LogP) is 1.38. The lowest BCUT2D eigenvalue weighted by Gasteiger charge is -2.42. The molecular formula is C18H31N3O4S. The number of rotatable bonds is 7. The minimum Gasteiger partial charge on any atom is -0.480 e. The van der Waals surface area contributed by atoms with Crippen LogP contribution in [0.4, 0.5) is 0 Å². The van der Waals surface area contributed by atoms with E-state index in [4.69, 9.17) is 5.11 Å². The molecular weight excluding hydrogens is 354 g/mol. The number of hydrogen-bond acceptors (Lipinski definition) is 5. The zero-order valence-electron chi connectivity index (χ0n) is 16.2. The van der Waals surface area contributed by atoms with Gasteiger partial charge in [0.05, 0.1) is 12.4 Å². The van der Waals surface area contributed by atoms with Gasteiger partial charge in [0, 0.05) is 24.3 Å². The standard InChI is InChI=1S/C18H31N3O4S/c1-5-20(9-16(23)24)13-6-12(7-13)19-17(25)14-10-26-11-21(14)15(22)8-18(2,3)4/h12-14H,5-11H2,1-4H3,(H,19,25)(H,23,24). The Balaban J connectivity index is 1.83. The molecule has 1 aliphatic carbocycles. The molecule has 0 spiro atoms. The predicted molar refractivity (Wildman–Crippen MR) is 102 cm³/mol. The van der Waals surface area contributed by atoms with Crippen molar-refractivity contribution < 1.29 is 19.5 Å². The van der Waals surface area contributed by atoms with Gasteiger partial charge in [-0.25, -0.2) is 0 Å². The summed E-state index contributed by atoms with van der Waals surface area (Å²) in [5, 5.41) is 12.0. The molecule has 1 atom stereocenters. The summed E-state index contributed by atoms with van der Waals surface area (Å²) < 4.78 is 0. The molecule has 1 unspecified atom stereocenters. The van der Waals surface area contributed by atoms with Gasteiger partial charge in [0.15, 0.2) is 0 Å². The number of amides is 2. The van der Waals surface area contributed by atoms with Crippen molar-refractivity contribution in [2.45, 2.75) is 65.1 Å². The highest BCUT2D eigenvalue weighted by Crippen LogP contribution is 2.29. The van der Waals surface area contributed by atoms with Crippen LogP contribution in [0.15, 0.2) is 0 Å². The van der Waals surface area contributed by atoms with Gasteiger partial charge < -0.3 is 15.3 Å². The van der Waals surface area contributed by atoms with Gasteiger partial charge in [-0.05, 0) is 24.8 Å². The monoisotopic (exact) mass is 385 g/mol. The smallest absolute Gasteiger partial charge is 0.317 e. The molecule has 148 valence electrons. The Kier molecular flexibility index (Phi) is 6.96. The molecule has 1 heterocycles. The van der Waals surface area contributed by atoms with Crippen LogP contribution < -0.4 is 5.32 Å². The Morgan fingerprint density at radius 3 is 2.46 bits per heavy atom. The van der Waals surface area contributed by atoms with Crippen molar-refractivity contribution in [2.24, 2.45) is 5.41 Å². The summed E-state index contributed by atoms with van der Waals surface area (Å²) in [7, 11) is 0. The SMILES string of the molecule is CCN(CC(=O)O)C1CC(NC(=O)C2CSCN2C(=O)CC(C)(C)C)C1. The summed E-state index contributed by atoms with van der Waals surface area (Å²) in [6.07, 6.45) is 1.97. The highest BCUT2D eigenvalue weighted by Gasteiger charge is 2.39. The maximum absolute atomic E-state index is 12.6. The lowest BCUT2D eigenvalue weighted by molar-refractivity contribution is -0.140. The van der Waals surface area contributed by atoms with Crippen LogP contribution in [0.1, 0.15) is 47.0 Å². The average Bonchev–Trinajstić information content (AvgIpc) is 2.96. The summed E-state index contributed by atoms with van der Waals surface area (Å²) in [6, 6.07) is -0.117. The van der Waals surface area contributed by atoms with Crippen LogP contribution in [0.3, 0.4) is 0 Å². The lowest BCUT2D eigenvalue weighted by atomic mass is 9.85. The Morgan fingerprint density at radius 1 is 1.27 bits per heavy atom. The molecule has 2 N–H and O–H groups in total. The topological polar surface area (TPSA) is 90.0 Å². The van der Waals surface area contributed by atoms with Gasteiger partial charge >= 0.3 is 5.97 Å². The molecule has 1 saturated heterocycles. The molecule has 0 aromatic carbocycles. The molecule has 2 fully saturated rings. The fraction of sp³-hybridized carbons (Fsp3) is 0.833. The number of aliphatic carboxylic acids is 1. The minimum absolute atomic E-state index is 0.0350. The van der Waals surface area contributed by atoms with E-state index in [2.05, 4.69) is 5.32 Å².